The lowest BCUT2D eigenvalue weighted by atomic mass is 9.97. The molecule has 0 radical (unpaired) electrons. The van der Waals surface area contributed by atoms with E-state index in [1.54, 1.807) is 30.3 Å². The Morgan fingerprint density at radius 2 is 1.40 bits per heavy atom. The van der Waals surface area contributed by atoms with Crippen LogP contribution in [-0.4, -0.2) is 41.1 Å². The third kappa shape index (κ3) is 4.99. The molecule has 1 heterocycles. The average molecular weight is 473 g/mol. The van der Waals surface area contributed by atoms with E-state index in [2.05, 4.69) is 11.9 Å². The van der Waals surface area contributed by atoms with Crippen molar-refractivity contribution in [1.82, 2.24) is 10.2 Å². The van der Waals surface area contributed by atoms with Gasteiger partial charge in [0, 0.05) is 5.56 Å². The maximum atomic E-state index is 15.2. The SMILES string of the molecule is C=C(C)C(C(=O)OC(c1ccccc1)c1ccccc1)N1C(=O)C(NC(=O)c2ccccc2)C1F. The molecule has 1 saturated heterocycles. The summed E-state index contributed by atoms with van der Waals surface area (Å²) in [5.74, 6) is -2.10. The monoisotopic (exact) mass is 472 g/mol. The standard InChI is InChI=1S/C28H25FN2O4/c1-18(2)23(31-25(29)22(27(31)33)30-26(32)21-16-10-5-11-17-21)28(34)35-24(19-12-6-3-7-13-19)20-14-8-4-9-15-20/h3-17,22-25H,1H2,2H3,(H,30,32). The molecule has 0 spiro atoms. The van der Waals surface area contributed by atoms with Crippen molar-refractivity contribution in [1.29, 1.82) is 0 Å². The minimum Gasteiger partial charge on any atom is -0.451 e. The molecular formula is C28H25FN2O4. The van der Waals surface area contributed by atoms with Crippen LogP contribution in [0.25, 0.3) is 0 Å². The zero-order valence-corrected chi connectivity index (χ0v) is 19.1. The minimum absolute atomic E-state index is 0.249. The van der Waals surface area contributed by atoms with Gasteiger partial charge in [-0.1, -0.05) is 85.4 Å². The number of amides is 2. The Hall–Kier alpha value is -4.26. The van der Waals surface area contributed by atoms with E-state index < -0.39 is 42.3 Å². The van der Waals surface area contributed by atoms with E-state index in [0.717, 1.165) is 16.0 Å². The van der Waals surface area contributed by atoms with Crippen LogP contribution in [0.5, 0.6) is 0 Å². The van der Waals surface area contributed by atoms with Crippen molar-refractivity contribution in [2.45, 2.75) is 31.4 Å². The molecule has 0 aromatic heterocycles. The van der Waals surface area contributed by atoms with E-state index in [4.69, 9.17) is 4.74 Å². The molecule has 3 unspecified atom stereocenters. The number of likely N-dealkylation sites (tertiary alicyclic amines) is 1. The number of hydrogen-bond acceptors (Lipinski definition) is 4. The number of benzene rings is 3. The topological polar surface area (TPSA) is 75.7 Å². The molecule has 2 amide bonds. The van der Waals surface area contributed by atoms with Gasteiger partial charge in [0.25, 0.3) is 11.8 Å². The van der Waals surface area contributed by atoms with Crippen molar-refractivity contribution in [3.8, 4) is 0 Å². The summed E-state index contributed by atoms with van der Waals surface area (Å²) in [6, 6.07) is 23.8. The Labute approximate surface area is 203 Å². The zero-order valence-electron chi connectivity index (χ0n) is 19.1. The largest absolute Gasteiger partial charge is 0.451 e. The van der Waals surface area contributed by atoms with Gasteiger partial charge in [0.15, 0.2) is 18.2 Å². The summed E-state index contributed by atoms with van der Waals surface area (Å²) in [5, 5.41) is 2.40. The predicted octanol–water partition coefficient (Wildman–Crippen LogP) is 4.20. The second-order valence-electron chi connectivity index (χ2n) is 8.32. The van der Waals surface area contributed by atoms with Crippen molar-refractivity contribution in [2.75, 3.05) is 0 Å². The molecule has 7 heteroatoms. The number of carbonyl (C=O) groups excluding carboxylic acids is 3. The molecule has 1 aliphatic heterocycles. The Morgan fingerprint density at radius 3 is 1.86 bits per heavy atom. The normalized spacial score (nSPS) is 17.9. The number of carbonyl (C=O) groups is 3. The number of ether oxygens (including phenoxy) is 1. The molecule has 0 bridgehead atoms. The van der Waals surface area contributed by atoms with Crippen LogP contribution in [0.1, 0.15) is 34.5 Å². The lowest BCUT2D eigenvalue weighted by molar-refractivity contribution is -0.176. The van der Waals surface area contributed by atoms with Crippen LogP contribution >= 0.6 is 0 Å². The van der Waals surface area contributed by atoms with Gasteiger partial charge < -0.3 is 10.1 Å². The summed E-state index contributed by atoms with van der Waals surface area (Å²) in [5.41, 5.74) is 2.01. The molecule has 1 fully saturated rings. The predicted molar refractivity (Wildman–Crippen MR) is 129 cm³/mol. The first-order valence-electron chi connectivity index (χ1n) is 11.2. The molecule has 0 saturated carbocycles. The first kappa shape index (κ1) is 23.9. The highest BCUT2D eigenvalue weighted by atomic mass is 19.1. The van der Waals surface area contributed by atoms with Crippen molar-refractivity contribution in [3.05, 3.63) is 120 Å². The van der Waals surface area contributed by atoms with Gasteiger partial charge in [-0.05, 0) is 35.8 Å². The van der Waals surface area contributed by atoms with Crippen LogP contribution < -0.4 is 5.32 Å². The molecular weight excluding hydrogens is 447 g/mol. The Balaban J connectivity index is 1.52. The number of hydrogen-bond donors (Lipinski definition) is 1. The van der Waals surface area contributed by atoms with E-state index in [-0.39, 0.29) is 5.57 Å². The minimum atomic E-state index is -1.91. The van der Waals surface area contributed by atoms with Gasteiger partial charge in [0.05, 0.1) is 0 Å². The first-order chi connectivity index (χ1) is 16.9. The lowest BCUT2D eigenvalue weighted by Crippen LogP contribution is -2.72. The quantitative estimate of drug-likeness (QED) is 0.231. The van der Waals surface area contributed by atoms with Crippen LogP contribution in [0, 0.1) is 0 Å². The summed E-state index contributed by atoms with van der Waals surface area (Å²) < 4.78 is 21.0. The summed E-state index contributed by atoms with van der Waals surface area (Å²) in [6.45, 7) is 5.32. The fraction of sp³-hybridized carbons (Fsp3) is 0.179. The molecule has 1 N–H and O–H groups in total. The second-order valence-corrected chi connectivity index (χ2v) is 8.32. The number of nitrogens with one attached hydrogen (secondary N) is 1. The number of nitrogens with zero attached hydrogens (tertiary/aromatic N) is 1. The highest BCUT2D eigenvalue weighted by molar-refractivity contribution is 6.01. The maximum absolute atomic E-state index is 15.2. The van der Waals surface area contributed by atoms with Crippen LogP contribution in [0.3, 0.4) is 0 Å². The highest BCUT2D eigenvalue weighted by Crippen LogP contribution is 2.32. The fourth-order valence-electron chi connectivity index (χ4n) is 4.01. The molecule has 178 valence electrons. The highest BCUT2D eigenvalue weighted by Gasteiger charge is 2.54. The molecule has 1 aliphatic rings. The van der Waals surface area contributed by atoms with Crippen LogP contribution in [0.2, 0.25) is 0 Å². The Bertz CT molecular complexity index is 1180. The summed E-state index contributed by atoms with van der Waals surface area (Å²) in [7, 11) is 0. The van der Waals surface area contributed by atoms with Crippen LogP contribution in [0.15, 0.2) is 103 Å². The molecule has 35 heavy (non-hydrogen) atoms. The Kier molecular flexibility index (Phi) is 7.06. The van der Waals surface area contributed by atoms with Gasteiger partial charge in [-0.3, -0.25) is 14.5 Å². The summed E-state index contributed by atoms with van der Waals surface area (Å²) >= 11 is 0. The number of alkyl halides is 1. The van der Waals surface area contributed by atoms with Crippen molar-refractivity contribution < 1.29 is 23.5 Å². The third-order valence-corrected chi connectivity index (χ3v) is 5.79. The van der Waals surface area contributed by atoms with E-state index in [1.165, 1.54) is 6.92 Å². The van der Waals surface area contributed by atoms with E-state index in [9.17, 15) is 14.4 Å². The number of rotatable bonds is 8. The second kappa shape index (κ2) is 10.3. The average Bonchev–Trinajstić information content (AvgIpc) is 2.89. The van der Waals surface area contributed by atoms with E-state index in [0.29, 0.717) is 5.56 Å². The van der Waals surface area contributed by atoms with Gasteiger partial charge in [-0.15, -0.1) is 0 Å². The molecule has 3 aromatic rings. The number of β-lactam (4-membered cyclic amide) rings is 1. The zero-order chi connectivity index (χ0) is 24.9. The molecule has 3 atom stereocenters. The van der Waals surface area contributed by atoms with Crippen molar-refractivity contribution in [3.63, 3.8) is 0 Å². The lowest BCUT2D eigenvalue weighted by Gasteiger charge is -2.45. The third-order valence-electron chi connectivity index (χ3n) is 5.79. The number of esters is 1. The van der Waals surface area contributed by atoms with Crippen LogP contribution in [-0.2, 0) is 14.3 Å². The molecule has 0 aliphatic carbocycles. The fourth-order valence-corrected chi connectivity index (χ4v) is 4.01. The summed E-state index contributed by atoms with van der Waals surface area (Å²) in [6.07, 6.45) is -2.66. The van der Waals surface area contributed by atoms with Gasteiger partial charge in [0.1, 0.15) is 0 Å². The van der Waals surface area contributed by atoms with Gasteiger partial charge >= 0.3 is 5.97 Å². The Morgan fingerprint density at radius 1 is 0.914 bits per heavy atom. The summed E-state index contributed by atoms with van der Waals surface area (Å²) in [4.78, 5) is 39.3. The van der Waals surface area contributed by atoms with Crippen molar-refractivity contribution >= 4 is 17.8 Å². The number of halogens is 1. The maximum Gasteiger partial charge on any atom is 0.334 e. The van der Waals surface area contributed by atoms with Crippen LogP contribution in [0.4, 0.5) is 4.39 Å². The van der Waals surface area contributed by atoms with Gasteiger partial charge in [-0.2, -0.15) is 0 Å². The van der Waals surface area contributed by atoms with Crippen molar-refractivity contribution in [2.24, 2.45) is 0 Å². The van der Waals surface area contributed by atoms with E-state index in [1.807, 2.05) is 60.7 Å². The first-order valence-corrected chi connectivity index (χ1v) is 11.2. The molecule has 4 rings (SSSR count). The van der Waals surface area contributed by atoms with E-state index >= 15 is 4.39 Å². The van der Waals surface area contributed by atoms with Gasteiger partial charge in [-0.25, -0.2) is 9.18 Å². The molecule has 3 aromatic carbocycles. The smallest absolute Gasteiger partial charge is 0.334 e. The van der Waals surface area contributed by atoms with Gasteiger partial charge in [0.2, 0.25) is 6.30 Å². The molecule has 6 nitrogen and oxygen atoms in total.